The van der Waals surface area contributed by atoms with Gasteiger partial charge in [-0.2, -0.15) is 0 Å². The Morgan fingerprint density at radius 1 is 0.500 bits per heavy atom. The van der Waals surface area contributed by atoms with Crippen molar-refractivity contribution in [3.8, 4) is 0 Å². The third-order valence-corrected chi connectivity index (χ3v) is 14.5. The molecule has 0 aliphatic heterocycles. The van der Waals surface area contributed by atoms with E-state index in [2.05, 4.69) is 46.0 Å². The molecule has 0 spiro atoms. The van der Waals surface area contributed by atoms with Gasteiger partial charge in [0.2, 0.25) is 0 Å². The molecule has 0 aromatic carbocycles. The van der Waals surface area contributed by atoms with Crippen LogP contribution in [0.25, 0.3) is 0 Å². The average Bonchev–Trinajstić information content (AvgIpc) is 2.96. The molecular formula is C40H80O3Si. The van der Waals surface area contributed by atoms with Gasteiger partial charge in [0, 0.05) is 13.0 Å². The zero-order valence-corrected chi connectivity index (χ0v) is 31.8. The van der Waals surface area contributed by atoms with Crippen molar-refractivity contribution in [1.29, 1.82) is 0 Å². The SMILES string of the molecule is CC(C)(C)[Si](C)(C)OCCCCCCCC/C=C\CCCCCCCCCCCCCCCCCCCCCCCC(=O)O. The van der Waals surface area contributed by atoms with Crippen molar-refractivity contribution in [3.63, 3.8) is 0 Å². The Labute approximate surface area is 278 Å². The summed E-state index contributed by atoms with van der Waals surface area (Å²) in [6.07, 6.45) is 44.4. The van der Waals surface area contributed by atoms with Gasteiger partial charge in [-0.15, -0.1) is 0 Å². The zero-order valence-electron chi connectivity index (χ0n) is 30.8. The normalized spacial score (nSPS) is 12.5. The maximum atomic E-state index is 10.5. The molecule has 4 heteroatoms. The van der Waals surface area contributed by atoms with Gasteiger partial charge in [-0.1, -0.05) is 181 Å². The monoisotopic (exact) mass is 637 g/mol. The summed E-state index contributed by atoms with van der Waals surface area (Å²) in [6, 6.07) is 0. The molecule has 0 atom stereocenters. The van der Waals surface area contributed by atoms with Crippen LogP contribution in [0.15, 0.2) is 12.2 Å². The Morgan fingerprint density at radius 2 is 0.773 bits per heavy atom. The lowest BCUT2D eigenvalue weighted by molar-refractivity contribution is -0.137. The lowest BCUT2D eigenvalue weighted by atomic mass is 10.0. The van der Waals surface area contributed by atoms with E-state index < -0.39 is 14.3 Å². The molecule has 0 amide bonds. The zero-order chi connectivity index (χ0) is 32.6. The van der Waals surface area contributed by atoms with Crippen molar-refractivity contribution < 1.29 is 14.3 Å². The van der Waals surface area contributed by atoms with Gasteiger partial charge >= 0.3 is 5.97 Å². The topological polar surface area (TPSA) is 46.5 Å². The number of allylic oxidation sites excluding steroid dienone is 2. The number of carbonyl (C=O) groups is 1. The molecule has 44 heavy (non-hydrogen) atoms. The molecule has 262 valence electrons. The number of hydrogen-bond acceptors (Lipinski definition) is 2. The van der Waals surface area contributed by atoms with E-state index >= 15 is 0 Å². The van der Waals surface area contributed by atoms with Crippen molar-refractivity contribution in [2.75, 3.05) is 6.61 Å². The van der Waals surface area contributed by atoms with Gasteiger partial charge in [0.25, 0.3) is 0 Å². The molecule has 0 aromatic rings. The number of unbranched alkanes of at least 4 members (excludes halogenated alkanes) is 27. The summed E-state index contributed by atoms with van der Waals surface area (Å²) in [5, 5.41) is 8.98. The fraction of sp³-hybridized carbons (Fsp3) is 0.925. The van der Waals surface area contributed by atoms with Gasteiger partial charge in [0.1, 0.15) is 0 Å². The number of aliphatic carboxylic acids is 1. The van der Waals surface area contributed by atoms with E-state index in [0.29, 0.717) is 11.5 Å². The fourth-order valence-electron chi connectivity index (χ4n) is 5.75. The quantitative estimate of drug-likeness (QED) is 0.0434. The van der Waals surface area contributed by atoms with Crippen molar-refractivity contribution >= 4 is 14.3 Å². The first kappa shape index (κ1) is 43.4. The van der Waals surface area contributed by atoms with Crippen molar-refractivity contribution in [1.82, 2.24) is 0 Å². The molecule has 0 saturated carbocycles. The van der Waals surface area contributed by atoms with E-state index in [-0.39, 0.29) is 0 Å². The predicted molar refractivity (Wildman–Crippen MR) is 198 cm³/mol. The maximum absolute atomic E-state index is 10.5. The molecule has 0 bridgehead atoms. The van der Waals surface area contributed by atoms with Crippen LogP contribution in [0, 0.1) is 0 Å². The first-order valence-electron chi connectivity index (χ1n) is 19.7. The number of carboxylic acid groups (broad SMARTS) is 1. The summed E-state index contributed by atoms with van der Waals surface area (Å²) in [5.41, 5.74) is 0. The molecular weight excluding hydrogens is 557 g/mol. The van der Waals surface area contributed by atoms with E-state index in [1.165, 1.54) is 173 Å². The summed E-state index contributed by atoms with van der Waals surface area (Å²) in [7, 11) is -1.55. The number of hydrogen-bond donors (Lipinski definition) is 1. The third kappa shape index (κ3) is 31.4. The number of carboxylic acids is 1. The van der Waals surface area contributed by atoms with Crippen LogP contribution in [-0.2, 0) is 9.22 Å². The Kier molecular flexibility index (Phi) is 30.6. The molecule has 1 N–H and O–H groups in total. The lowest BCUT2D eigenvalue weighted by Gasteiger charge is -2.36. The largest absolute Gasteiger partial charge is 0.481 e. The van der Waals surface area contributed by atoms with Gasteiger partial charge in [-0.05, 0) is 56.7 Å². The fourth-order valence-corrected chi connectivity index (χ4v) is 6.84. The van der Waals surface area contributed by atoms with E-state index in [0.717, 1.165) is 19.4 Å². The van der Waals surface area contributed by atoms with Crippen LogP contribution < -0.4 is 0 Å². The summed E-state index contributed by atoms with van der Waals surface area (Å²) < 4.78 is 6.29. The van der Waals surface area contributed by atoms with Crippen LogP contribution in [0.3, 0.4) is 0 Å². The minimum Gasteiger partial charge on any atom is -0.481 e. The van der Waals surface area contributed by atoms with Crippen LogP contribution in [0.1, 0.15) is 213 Å². The summed E-state index contributed by atoms with van der Waals surface area (Å²) in [6.45, 7) is 12.7. The van der Waals surface area contributed by atoms with E-state index in [1.807, 2.05) is 0 Å². The highest BCUT2D eigenvalue weighted by molar-refractivity contribution is 6.74. The van der Waals surface area contributed by atoms with Crippen molar-refractivity contribution in [3.05, 3.63) is 12.2 Å². The molecule has 0 rings (SSSR count). The first-order valence-corrected chi connectivity index (χ1v) is 22.6. The summed E-state index contributed by atoms with van der Waals surface area (Å²) in [5.74, 6) is -0.651. The van der Waals surface area contributed by atoms with Gasteiger partial charge in [0.15, 0.2) is 8.32 Å². The average molecular weight is 637 g/mol. The predicted octanol–water partition coefficient (Wildman–Crippen LogP) is 14.4. The van der Waals surface area contributed by atoms with E-state index in [9.17, 15) is 4.79 Å². The van der Waals surface area contributed by atoms with Gasteiger partial charge in [-0.25, -0.2) is 0 Å². The summed E-state index contributed by atoms with van der Waals surface area (Å²) >= 11 is 0. The highest BCUT2D eigenvalue weighted by atomic mass is 28.4. The molecule has 0 saturated heterocycles. The molecule has 0 fully saturated rings. The highest BCUT2D eigenvalue weighted by Crippen LogP contribution is 2.36. The molecule has 0 heterocycles. The smallest absolute Gasteiger partial charge is 0.303 e. The molecule has 0 aliphatic carbocycles. The second-order valence-corrected chi connectivity index (χ2v) is 20.2. The highest BCUT2D eigenvalue weighted by Gasteiger charge is 2.36. The molecule has 0 radical (unpaired) electrons. The molecule has 0 aromatic heterocycles. The Balaban J connectivity index is 3.18. The Morgan fingerprint density at radius 3 is 1.07 bits per heavy atom. The molecule has 3 nitrogen and oxygen atoms in total. The standard InChI is InChI=1S/C40H80O3Si/c1-40(2,3)44(4,5)43-38-36-34-32-30-28-26-24-22-20-18-16-14-12-10-8-6-7-9-11-13-15-17-19-21-23-25-27-29-31-33-35-37-39(41)42/h20,22H,6-19,21,23-38H2,1-5H3,(H,41,42)/b22-20-. The van der Waals surface area contributed by atoms with Crippen LogP contribution in [0.4, 0.5) is 0 Å². The number of rotatable bonds is 34. The second-order valence-electron chi connectivity index (χ2n) is 15.3. The van der Waals surface area contributed by atoms with Crippen LogP contribution in [0.5, 0.6) is 0 Å². The van der Waals surface area contributed by atoms with Crippen molar-refractivity contribution in [2.45, 2.75) is 232 Å². The minimum absolute atomic E-state index is 0.332. The van der Waals surface area contributed by atoms with Gasteiger partial charge in [0.05, 0.1) is 0 Å². The Bertz CT molecular complexity index is 637. The van der Waals surface area contributed by atoms with E-state index in [4.69, 9.17) is 9.53 Å². The second kappa shape index (κ2) is 31.0. The lowest BCUT2D eigenvalue weighted by Crippen LogP contribution is -2.40. The Hall–Kier alpha value is -0.613. The van der Waals surface area contributed by atoms with Crippen LogP contribution in [0.2, 0.25) is 18.1 Å². The van der Waals surface area contributed by atoms with Crippen molar-refractivity contribution in [2.24, 2.45) is 0 Å². The first-order chi connectivity index (χ1) is 21.2. The summed E-state index contributed by atoms with van der Waals surface area (Å²) in [4.78, 5) is 10.5. The van der Waals surface area contributed by atoms with Gasteiger partial charge in [-0.3, -0.25) is 4.79 Å². The van der Waals surface area contributed by atoms with Gasteiger partial charge < -0.3 is 9.53 Å². The molecule has 0 unspecified atom stereocenters. The van der Waals surface area contributed by atoms with E-state index in [1.54, 1.807) is 0 Å². The molecule has 0 aliphatic rings. The minimum atomic E-state index is -1.55. The van der Waals surface area contributed by atoms with Crippen LogP contribution >= 0.6 is 0 Å². The maximum Gasteiger partial charge on any atom is 0.303 e. The third-order valence-electron chi connectivity index (χ3n) is 9.96. The van der Waals surface area contributed by atoms with Crippen LogP contribution in [-0.4, -0.2) is 26.0 Å².